The summed E-state index contributed by atoms with van der Waals surface area (Å²) in [5.41, 5.74) is 2.57. The molecule has 3 fully saturated rings. The fourth-order valence-corrected chi connectivity index (χ4v) is 7.52. The van der Waals surface area contributed by atoms with Gasteiger partial charge in [-0.05, 0) is 85.0 Å². The number of urea groups is 1. The number of carbonyl (C=O) groups is 1. The van der Waals surface area contributed by atoms with Gasteiger partial charge < -0.3 is 20.8 Å². The van der Waals surface area contributed by atoms with Crippen molar-refractivity contribution >= 4 is 6.03 Å². The van der Waals surface area contributed by atoms with Gasteiger partial charge in [-0.2, -0.15) is 0 Å². The molecule has 0 unspecified atom stereocenters. The van der Waals surface area contributed by atoms with Gasteiger partial charge in [-0.15, -0.1) is 0 Å². The molecule has 4 N–H and O–H groups in total. The van der Waals surface area contributed by atoms with Gasteiger partial charge >= 0.3 is 6.03 Å². The number of aliphatic hydroxyl groups excluding tert-OH is 2. The predicted molar refractivity (Wildman–Crippen MR) is 131 cm³/mol. The maximum Gasteiger partial charge on any atom is 0.315 e. The largest absolute Gasteiger partial charge is 0.396 e. The molecule has 0 bridgehead atoms. The van der Waals surface area contributed by atoms with Crippen molar-refractivity contribution in [1.82, 2.24) is 10.6 Å². The number of allylic oxidation sites excluding steroid dienone is 1. The van der Waals surface area contributed by atoms with Crippen molar-refractivity contribution in [2.75, 3.05) is 13.2 Å². The lowest BCUT2D eigenvalue weighted by Gasteiger charge is -2.56. The summed E-state index contributed by atoms with van der Waals surface area (Å²) in [6.45, 7) is 10.4. The normalized spacial score (nSPS) is 38.5. The minimum Gasteiger partial charge on any atom is -0.396 e. The summed E-state index contributed by atoms with van der Waals surface area (Å²) >= 11 is 0. The Morgan fingerprint density at radius 2 is 1.85 bits per heavy atom. The molecule has 0 saturated heterocycles. The molecule has 0 heterocycles. The maximum absolute atomic E-state index is 12.7. The lowest BCUT2D eigenvalue weighted by atomic mass is 9.49. The zero-order valence-electron chi connectivity index (χ0n) is 20.4. The van der Waals surface area contributed by atoms with E-state index in [1.807, 2.05) is 30.3 Å². The minimum atomic E-state index is -0.310. The first-order valence-electron chi connectivity index (χ1n) is 12.8. The average molecular weight is 455 g/mol. The van der Waals surface area contributed by atoms with Gasteiger partial charge in [0.2, 0.25) is 0 Å². The molecule has 7 atom stereocenters. The topological polar surface area (TPSA) is 81.6 Å². The van der Waals surface area contributed by atoms with E-state index in [0.717, 1.165) is 44.1 Å². The Balaban J connectivity index is 1.50. The number of fused-ring (bicyclic) bond motifs is 1. The molecule has 182 valence electrons. The zero-order chi connectivity index (χ0) is 23.6. The van der Waals surface area contributed by atoms with Gasteiger partial charge in [0.25, 0.3) is 0 Å². The number of carbonyl (C=O) groups excluding carboxylic acids is 1. The van der Waals surface area contributed by atoms with Crippen LogP contribution in [0.3, 0.4) is 0 Å². The van der Waals surface area contributed by atoms with Crippen LogP contribution in [0.2, 0.25) is 0 Å². The minimum absolute atomic E-state index is 0.0217. The highest BCUT2D eigenvalue weighted by Gasteiger charge is 2.56. The molecule has 5 heteroatoms. The van der Waals surface area contributed by atoms with E-state index in [-0.39, 0.29) is 35.5 Å². The van der Waals surface area contributed by atoms with Crippen molar-refractivity contribution in [3.63, 3.8) is 0 Å². The van der Waals surface area contributed by atoms with Crippen LogP contribution >= 0.6 is 0 Å². The number of benzene rings is 1. The summed E-state index contributed by atoms with van der Waals surface area (Å²) in [6.07, 6.45) is 6.53. The van der Waals surface area contributed by atoms with Crippen molar-refractivity contribution in [2.45, 2.75) is 71.4 Å². The summed E-state index contributed by atoms with van der Waals surface area (Å²) in [4.78, 5) is 12.7. The van der Waals surface area contributed by atoms with Gasteiger partial charge in [0.15, 0.2) is 0 Å². The number of hydrogen-bond donors (Lipinski definition) is 4. The molecule has 3 aliphatic rings. The smallest absolute Gasteiger partial charge is 0.315 e. The Morgan fingerprint density at radius 1 is 1.09 bits per heavy atom. The lowest BCUT2D eigenvalue weighted by Crippen LogP contribution is -2.54. The summed E-state index contributed by atoms with van der Waals surface area (Å²) in [5.74, 6) is 1.37. The standard InChI is InChI=1S/C28H42N2O3/c1-19-9-10-24-23(17-30-26(33)29-16-20-7-5-4-6-8-20)25(12-14-27(19,24)2)28(3)13-11-22(32)15-21(28)18-31/h4-8,21-25,31-32H,1,9-18H2,2-3H3,(H2,29,30,33)/t21-,22+,23+,24+,25+,27-,28+/m1/s1. The molecule has 2 amide bonds. The Hall–Kier alpha value is -1.85. The van der Waals surface area contributed by atoms with Crippen LogP contribution in [0.15, 0.2) is 42.5 Å². The van der Waals surface area contributed by atoms with Gasteiger partial charge in [-0.3, -0.25) is 0 Å². The molecule has 0 aliphatic heterocycles. The number of rotatable bonds is 6. The van der Waals surface area contributed by atoms with Gasteiger partial charge in [0, 0.05) is 19.7 Å². The fraction of sp³-hybridized carbons (Fsp3) is 0.679. The third kappa shape index (κ3) is 4.72. The van der Waals surface area contributed by atoms with Gasteiger partial charge in [-0.1, -0.05) is 56.3 Å². The second-order valence-corrected chi connectivity index (χ2v) is 11.3. The SMILES string of the molecule is C=C1CC[C@H]2[C@H](CNC(=O)NCc3ccccc3)[C@@H]([C@@]3(C)CC[C@H](O)C[C@@H]3CO)CC[C@]12C. The second-order valence-electron chi connectivity index (χ2n) is 11.3. The summed E-state index contributed by atoms with van der Waals surface area (Å²) < 4.78 is 0. The third-order valence-electron chi connectivity index (χ3n) is 9.76. The second kappa shape index (κ2) is 9.79. The van der Waals surface area contributed by atoms with E-state index in [0.29, 0.717) is 37.3 Å². The van der Waals surface area contributed by atoms with Gasteiger partial charge in [0.1, 0.15) is 0 Å². The molecular weight excluding hydrogens is 412 g/mol. The Bertz CT molecular complexity index is 843. The third-order valence-corrected chi connectivity index (χ3v) is 9.76. The van der Waals surface area contributed by atoms with Crippen LogP contribution in [-0.4, -0.2) is 35.5 Å². The molecule has 3 saturated carbocycles. The van der Waals surface area contributed by atoms with Crippen molar-refractivity contribution in [3.05, 3.63) is 48.0 Å². The summed E-state index contributed by atoms with van der Waals surface area (Å²) in [6, 6.07) is 9.85. The molecule has 4 rings (SSSR count). The van der Waals surface area contributed by atoms with E-state index in [2.05, 4.69) is 31.1 Å². The average Bonchev–Trinajstić information content (AvgIpc) is 3.12. The van der Waals surface area contributed by atoms with E-state index in [9.17, 15) is 15.0 Å². The van der Waals surface area contributed by atoms with E-state index in [4.69, 9.17) is 0 Å². The van der Waals surface area contributed by atoms with E-state index < -0.39 is 0 Å². The van der Waals surface area contributed by atoms with Crippen molar-refractivity contribution in [2.24, 2.45) is 34.5 Å². The first-order valence-corrected chi connectivity index (χ1v) is 12.8. The van der Waals surface area contributed by atoms with E-state index in [1.165, 1.54) is 5.57 Å². The molecule has 5 nitrogen and oxygen atoms in total. The first-order chi connectivity index (χ1) is 15.8. The number of amides is 2. The van der Waals surface area contributed by atoms with Crippen LogP contribution in [0.4, 0.5) is 4.79 Å². The van der Waals surface area contributed by atoms with Crippen molar-refractivity contribution in [1.29, 1.82) is 0 Å². The molecule has 33 heavy (non-hydrogen) atoms. The fourth-order valence-electron chi connectivity index (χ4n) is 7.52. The predicted octanol–water partition coefficient (Wildman–Crippen LogP) is 4.64. The molecule has 1 aromatic rings. The quantitative estimate of drug-likeness (QED) is 0.473. The Morgan fingerprint density at radius 3 is 2.58 bits per heavy atom. The van der Waals surface area contributed by atoms with Crippen LogP contribution in [0.25, 0.3) is 0 Å². The van der Waals surface area contributed by atoms with E-state index in [1.54, 1.807) is 0 Å². The molecular formula is C28H42N2O3. The number of nitrogens with one attached hydrogen (secondary N) is 2. The summed E-state index contributed by atoms with van der Waals surface area (Å²) in [7, 11) is 0. The van der Waals surface area contributed by atoms with Crippen LogP contribution in [-0.2, 0) is 6.54 Å². The highest BCUT2D eigenvalue weighted by molar-refractivity contribution is 5.73. The highest BCUT2D eigenvalue weighted by Crippen LogP contribution is 2.63. The van der Waals surface area contributed by atoms with Crippen molar-refractivity contribution in [3.8, 4) is 0 Å². The van der Waals surface area contributed by atoms with Crippen molar-refractivity contribution < 1.29 is 15.0 Å². The van der Waals surface area contributed by atoms with Crippen LogP contribution in [0.5, 0.6) is 0 Å². The van der Waals surface area contributed by atoms with Crippen LogP contribution in [0.1, 0.15) is 64.4 Å². The summed E-state index contributed by atoms with van der Waals surface area (Å²) in [5, 5.41) is 26.7. The Labute approximate surface area is 199 Å². The maximum atomic E-state index is 12.7. The molecule has 3 aliphatic carbocycles. The van der Waals surface area contributed by atoms with Gasteiger partial charge in [-0.25, -0.2) is 4.79 Å². The molecule has 0 radical (unpaired) electrons. The zero-order valence-corrected chi connectivity index (χ0v) is 20.4. The molecule has 0 aromatic heterocycles. The Kier molecular flexibility index (Phi) is 7.20. The van der Waals surface area contributed by atoms with Crippen LogP contribution in [0, 0.1) is 34.5 Å². The number of hydrogen-bond acceptors (Lipinski definition) is 3. The lowest BCUT2D eigenvalue weighted by molar-refractivity contribution is -0.0927. The van der Waals surface area contributed by atoms with E-state index >= 15 is 0 Å². The molecule has 1 aromatic carbocycles. The number of aliphatic hydroxyl groups is 2. The van der Waals surface area contributed by atoms with Gasteiger partial charge in [0.05, 0.1) is 6.10 Å². The highest BCUT2D eigenvalue weighted by atomic mass is 16.3. The monoisotopic (exact) mass is 454 g/mol. The molecule has 0 spiro atoms. The first kappa shape index (κ1) is 24.3. The van der Waals surface area contributed by atoms with Crippen LogP contribution < -0.4 is 10.6 Å².